The van der Waals surface area contributed by atoms with Crippen molar-refractivity contribution >= 4 is 35.0 Å². The Morgan fingerprint density at radius 3 is 2.48 bits per heavy atom. The summed E-state index contributed by atoms with van der Waals surface area (Å²) in [7, 11) is 0. The number of aryl methyl sites for hydroxylation is 4. The van der Waals surface area contributed by atoms with E-state index in [4.69, 9.17) is 16.3 Å². The van der Waals surface area contributed by atoms with Gasteiger partial charge in [-0.1, -0.05) is 35.5 Å². The van der Waals surface area contributed by atoms with Gasteiger partial charge in [0.05, 0.1) is 5.75 Å². The Morgan fingerprint density at radius 1 is 1.10 bits per heavy atom. The number of nitrogens with one attached hydrogen (secondary N) is 1. The zero-order chi connectivity index (χ0) is 22.5. The fraction of sp³-hybridized carbons (Fsp3) is 0.348. The third-order valence-corrected chi connectivity index (χ3v) is 6.45. The minimum Gasteiger partial charge on any atom is -0.486 e. The standard InChI is InChI=1S/C23H27ClN4O2S/c1-6-28-20(12-30-18-10-16(4)22(24)17(5)11-18)26-27-23(28)31-13-21(29)25-19-9-14(2)7-8-15(19)3/h7-11H,6,12-13H2,1-5H3,(H,25,29). The van der Waals surface area contributed by atoms with Gasteiger partial charge in [0.2, 0.25) is 5.91 Å². The van der Waals surface area contributed by atoms with Gasteiger partial charge in [-0.2, -0.15) is 0 Å². The first-order valence-corrected chi connectivity index (χ1v) is 11.5. The summed E-state index contributed by atoms with van der Waals surface area (Å²) in [5, 5.41) is 12.9. The Balaban J connectivity index is 1.62. The molecule has 1 amide bonds. The zero-order valence-corrected chi connectivity index (χ0v) is 20.0. The number of anilines is 1. The van der Waals surface area contributed by atoms with Crippen LogP contribution in [0.15, 0.2) is 35.5 Å². The summed E-state index contributed by atoms with van der Waals surface area (Å²) in [5.41, 5.74) is 4.92. The first kappa shape index (κ1) is 23.2. The van der Waals surface area contributed by atoms with Gasteiger partial charge in [0.15, 0.2) is 11.0 Å². The van der Waals surface area contributed by atoms with Crippen LogP contribution in [0.25, 0.3) is 0 Å². The Morgan fingerprint density at radius 2 is 1.81 bits per heavy atom. The van der Waals surface area contributed by atoms with Crippen LogP contribution in [-0.2, 0) is 17.9 Å². The number of carbonyl (C=O) groups excluding carboxylic acids is 1. The van der Waals surface area contributed by atoms with Crippen molar-refractivity contribution in [3.05, 3.63) is 63.4 Å². The number of amides is 1. The van der Waals surface area contributed by atoms with Gasteiger partial charge in [-0.05, 0) is 75.1 Å². The number of thioether (sulfide) groups is 1. The predicted octanol–water partition coefficient (Wildman–Crippen LogP) is 5.49. The minimum absolute atomic E-state index is 0.0748. The van der Waals surface area contributed by atoms with Gasteiger partial charge in [0, 0.05) is 17.3 Å². The van der Waals surface area contributed by atoms with Gasteiger partial charge in [0.1, 0.15) is 12.4 Å². The number of carbonyl (C=O) groups is 1. The van der Waals surface area contributed by atoms with E-state index in [1.807, 2.05) is 69.5 Å². The Hall–Kier alpha value is -2.51. The average molecular weight is 459 g/mol. The molecule has 0 saturated carbocycles. The summed E-state index contributed by atoms with van der Waals surface area (Å²) in [5.74, 6) is 1.63. The molecule has 31 heavy (non-hydrogen) atoms. The lowest BCUT2D eigenvalue weighted by molar-refractivity contribution is -0.113. The van der Waals surface area contributed by atoms with Crippen molar-refractivity contribution in [3.8, 4) is 5.75 Å². The molecule has 0 spiro atoms. The number of hydrogen-bond acceptors (Lipinski definition) is 5. The molecule has 3 rings (SSSR count). The molecule has 164 valence electrons. The first-order valence-electron chi connectivity index (χ1n) is 10.1. The van der Waals surface area contributed by atoms with Crippen LogP contribution in [0.2, 0.25) is 5.02 Å². The van der Waals surface area contributed by atoms with Crippen molar-refractivity contribution < 1.29 is 9.53 Å². The summed E-state index contributed by atoms with van der Waals surface area (Å²) in [4.78, 5) is 12.4. The molecule has 0 atom stereocenters. The molecule has 3 aromatic rings. The van der Waals surface area contributed by atoms with Gasteiger partial charge >= 0.3 is 0 Å². The molecule has 6 nitrogen and oxygen atoms in total. The van der Waals surface area contributed by atoms with E-state index in [0.717, 1.165) is 38.7 Å². The topological polar surface area (TPSA) is 69.0 Å². The molecule has 8 heteroatoms. The maximum Gasteiger partial charge on any atom is 0.234 e. The van der Waals surface area contributed by atoms with E-state index in [-0.39, 0.29) is 18.3 Å². The summed E-state index contributed by atoms with van der Waals surface area (Å²) in [6.45, 7) is 10.9. The van der Waals surface area contributed by atoms with Crippen molar-refractivity contribution in [1.29, 1.82) is 0 Å². The minimum atomic E-state index is -0.0748. The lowest BCUT2D eigenvalue weighted by Crippen LogP contribution is -2.15. The fourth-order valence-corrected chi connectivity index (χ4v) is 4.10. The third kappa shape index (κ3) is 5.80. The van der Waals surface area contributed by atoms with Gasteiger partial charge in [0.25, 0.3) is 0 Å². The summed E-state index contributed by atoms with van der Waals surface area (Å²) in [6.07, 6.45) is 0. The second-order valence-corrected chi connectivity index (χ2v) is 8.78. The highest BCUT2D eigenvalue weighted by Crippen LogP contribution is 2.27. The van der Waals surface area contributed by atoms with Crippen LogP contribution in [0, 0.1) is 27.7 Å². The molecular formula is C23H27ClN4O2S. The van der Waals surface area contributed by atoms with Crippen molar-refractivity contribution in [2.24, 2.45) is 0 Å². The highest BCUT2D eigenvalue weighted by molar-refractivity contribution is 7.99. The van der Waals surface area contributed by atoms with Crippen LogP contribution in [0.4, 0.5) is 5.69 Å². The predicted molar refractivity (Wildman–Crippen MR) is 126 cm³/mol. The van der Waals surface area contributed by atoms with Crippen molar-refractivity contribution in [1.82, 2.24) is 14.8 Å². The second-order valence-electron chi connectivity index (χ2n) is 7.46. The average Bonchev–Trinajstić information content (AvgIpc) is 3.13. The number of rotatable bonds is 8. The van der Waals surface area contributed by atoms with E-state index in [1.165, 1.54) is 11.8 Å². The highest BCUT2D eigenvalue weighted by Gasteiger charge is 2.15. The maximum atomic E-state index is 12.4. The maximum absolute atomic E-state index is 12.4. The summed E-state index contributed by atoms with van der Waals surface area (Å²) >= 11 is 7.59. The molecule has 0 saturated heterocycles. The number of hydrogen-bond donors (Lipinski definition) is 1. The monoisotopic (exact) mass is 458 g/mol. The lowest BCUT2D eigenvalue weighted by atomic mass is 10.1. The molecular weight excluding hydrogens is 432 g/mol. The second kappa shape index (κ2) is 10.2. The largest absolute Gasteiger partial charge is 0.486 e. The number of halogens is 1. The molecule has 1 N–H and O–H groups in total. The SMILES string of the molecule is CCn1c(COc2cc(C)c(Cl)c(C)c2)nnc1SCC(=O)Nc1cc(C)ccc1C. The molecule has 2 aromatic carbocycles. The van der Waals surface area contributed by atoms with E-state index in [2.05, 4.69) is 15.5 Å². The van der Waals surface area contributed by atoms with Gasteiger partial charge in [-0.3, -0.25) is 4.79 Å². The Bertz CT molecular complexity index is 1070. The van der Waals surface area contributed by atoms with E-state index < -0.39 is 0 Å². The van der Waals surface area contributed by atoms with Gasteiger partial charge in [-0.15, -0.1) is 10.2 Å². The molecule has 0 fully saturated rings. The van der Waals surface area contributed by atoms with E-state index in [0.29, 0.717) is 17.5 Å². The van der Waals surface area contributed by atoms with E-state index in [1.54, 1.807) is 0 Å². The van der Waals surface area contributed by atoms with Crippen LogP contribution in [0.5, 0.6) is 5.75 Å². The van der Waals surface area contributed by atoms with Crippen LogP contribution in [0.1, 0.15) is 35.0 Å². The quantitative estimate of drug-likeness (QED) is 0.451. The first-order chi connectivity index (χ1) is 14.8. The zero-order valence-electron chi connectivity index (χ0n) is 18.5. The van der Waals surface area contributed by atoms with Crippen LogP contribution in [-0.4, -0.2) is 26.4 Å². The highest BCUT2D eigenvalue weighted by atomic mass is 35.5. The number of benzene rings is 2. The molecule has 0 aliphatic heterocycles. The summed E-state index contributed by atoms with van der Waals surface area (Å²) in [6, 6.07) is 9.83. The van der Waals surface area contributed by atoms with E-state index in [9.17, 15) is 4.79 Å². The van der Waals surface area contributed by atoms with Crippen LogP contribution in [0.3, 0.4) is 0 Å². The lowest BCUT2D eigenvalue weighted by Gasteiger charge is -2.11. The fourth-order valence-electron chi connectivity index (χ4n) is 3.17. The molecule has 1 aromatic heterocycles. The number of ether oxygens (including phenoxy) is 1. The molecule has 1 heterocycles. The molecule has 0 aliphatic carbocycles. The smallest absolute Gasteiger partial charge is 0.234 e. The molecule has 0 aliphatic rings. The molecule has 0 unspecified atom stereocenters. The molecule has 0 radical (unpaired) electrons. The molecule has 0 bridgehead atoms. The van der Waals surface area contributed by atoms with Gasteiger partial charge < -0.3 is 14.6 Å². The van der Waals surface area contributed by atoms with Crippen molar-refractivity contribution in [2.75, 3.05) is 11.1 Å². The number of nitrogens with zero attached hydrogens (tertiary/aromatic N) is 3. The van der Waals surface area contributed by atoms with Crippen molar-refractivity contribution in [2.45, 2.75) is 52.9 Å². The van der Waals surface area contributed by atoms with Crippen molar-refractivity contribution in [3.63, 3.8) is 0 Å². The van der Waals surface area contributed by atoms with E-state index >= 15 is 0 Å². The van der Waals surface area contributed by atoms with Crippen LogP contribution >= 0.6 is 23.4 Å². The Kier molecular flexibility index (Phi) is 7.62. The normalized spacial score (nSPS) is 10.9. The van der Waals surface area contributed by atoms with Gasteiger partial charge in [-0.25, -0.2) is 0 Å². The number of aromatic nitrogens is 3. The third-order valence-electron chi connectivity index (χ3n) is 4.89. The van der Waals surface area contributed by atoms with Crippen LogP contribution < -0.4 is 10.1 Å². The summed E-state index contributed by atoms with van der Waals surface area (Å²) < 4.78 is 7.89. The Labute approximate surface area is 192 Å².